The smallest absolute Gasteiger partial charge is 0.433 e. The lowest BCUT2D eigenvalue weighted by molar-refractivity contribution is -0.141. The lowest BCUT2D eigenvalue weighted by Gasteiger charge is -2.40. The van der Waals surface area contributed by atoms with Gasteiger partial charge in [-0.2, -0.15) is 18.3 Å². The Balaban J connectivity index is 0.826. The minimum Gasteiger partial charge on any atom is -0.494 e. The topological polar surface area (TPSA) is 142 Å². The van der Waals surface area contributed by atoms with Crippen LogP contribution >= 0.6 is 0 Å². The van der Waals surface area contributed by atoms with Crippen molar-refractivity contribution in [3.05, 3.63) is 71.7 Å². The van der Waals surface area contributed by atoms with Gasteiger partial charge < -0.3 is 19.9 Å². The predicted octanol–water partition coefficient (Wildman–Crippen LogP) is 6.73. The highest BCUT2D eigenvalue weighted by Crippen LogP contribution is 2.38. The molecule has 2 aromatic heterocycles. The van der Waals surface area contributed by atoms with Gasteiger partial charge in [-0.05, 0) is 88.4 Å². The van der Waals surface area contributed by atoms with Crippen LogP contribution in [0.2, 0.25) is 0 Å². The summed E-state index contributed by atoms with van der Waals surface area (Å²) >= 11 is 0. The zero-order chi connectivity index (χ0) is 41.6. The highest BCUT2D eigenvalue weighted by Gasteiger charge is 2.38. The number of methoxy groups -OCH3 is 1. The molecule has 18 heteroatoms. The summed E-state index contributed by atoms with van der Waals surface area (Å²) in [6.07, 6.45) is 2.95. The largest absolute Gasteiger partial charge is 0.494 e. The molecule has 4 amide bonds. The summed E-state index contributed by atoms with van der Waals surface area (Å²) in [7, 11) is 1.43. The Hall–Kier alpha value is -5.65. The summed E-state index contributed by atoms with van der Waals surface area (Å²) in [5, 5.41) is 10.2. The Morgan fingerprint density at radius 1 is 0.881 bits per heavy atom. The summed E-state index contributed by atoms with van der Waals surface area (Å²) in [5.74, 6) is -2.93. The standard InChI is InChI=1S/C41H43F5N8O5/c1-59-34-20-32-25(17-33(34)48-39(57)31-3-2-4-35(47-31)41(44,45)46)22-54(50-32)27-7-5-26(6-8-27)51-13-9-23(10-14-51)38(56)24-11-15-52(21-24)28-18-29(42)37(30(43)19-28)53-16-12-36(55)49-40(53)58/h2-4,17-20,22-24,26-27H,5-16,21H2,1H3,(H,48,57)(H,49,55,58)/t24-,26?,27?/m1/s1. The van der Waals surface area contributed by atoms with Gasteiger partial charge in [-0.3, -0.25) is 29.3 Å². The number of Topliss-reactive ketones (excluding diaryl/α,β-unsaturated/α-hetero) is 1. The van der Waals surface area contributed by atoms with Crippen molar-refractivity contribution in [2.24, 2.45) is 11.8 Å². The first kappa shape index (κ1) is 40.1. The number of ether oxygens (including phenoxy) is 1. The number of piperidine rings is 1. The van der Waals surface area contributed by atoms with Crippen molar-refractivity contribution in [1.29, 1.82) is 0 Å². The second-order valence-corrected chi connectivity index (χ2v) is 15.7. The quantitative estimate of drug-likeness (QED) is 0.176. The van der Waals surface area contributed by atoms with Gasteiger partial charge in [0.05, 0.1) is 24.4 Å². The number of urea groups is 1. The number of pyridine rings is 1. The average molecular weight is 823 g/mol. The van der Waals surface area contributed by atoms with Gasteiger partial charge in [-0.25, -0.2) is 18.6 Å². The van der Waals surface area contributed by atoms with E-state index in [4.69, 9.17) is 9.84 Å². The van der Waals surface area contributed by atoms with E-state index in [-0.39, 0.29) is 48.0 Å². The summed E-state index contributed by atoms with van der Waals surface area (Å²) < 4.78 is 77.3. The number of likely N-dealkylation sites (tertiary alicyclic amines) is 1. The van der Waals surface area contributed by atoms with E-state index in [0.29, 0.717) is 42.5 Å². The molecule has 4 fully saturated rings. The van der Waals surface area contributed by atoms with E-state index in [1.165, 1.54) is 25.3 Å². The molecule has 312 valence electrons. The van der Waals surface area contributed by atoms with Crippen molar-refractivity contribution in [2.45, 2.75) is 69.6 Å². The number of alkyl halides is 3. The molecule has 0 spiro atoms. The number of nitrogens with one attached hydrogen (secondary N) is 2. The fourth-order valence-electron chi connectivity index (χ4n) is 9.00. The molecular weight excluding hydrogens is 779 g/mol. The van der Waals surface area contributed by atoms with Gasteiger partial charge in [0.1, 0.15) is 28.6 Å². The molecule has 2 aromatic carbocycles. The molecule has 1 aliphatic carbocycles. The Labute approximate surface area is 335 Å². The van der Waals surface area contributed by atoms with Crippen molar-refractivity contribution >= 4 is 51.6 Å². The number of ketones is 1. The van der Waals surface area contributed by atoms with Crippen LogP contribution in [-0.4, -0.2) is 89.2 Å². The number of amides is 4. The van der Waals surface area contributed by atoms with Crippen LogP contribution in [0.3, 0.4) is 0 Å². The summed E-state index contributed by atoms with van der Waals surface area (Å²) in [6.45, 7) is 2.34. The third kappa shape index (κ3) is 8.31. The lowest BCUT2D eigenvalue weighted by atomic mass is 9.83. The maximum Gasteiger partial charge on any atom is 0.433 e. The molecule has 2 N–H and O–H groups in total. The zero-order valence-corrected chi connectivity index (χ0v) is 32.2. The second-order valence-electron chi connectivity index (χ2n) is 15.7. The van der Waals surface area contributed by atoms with Crippen molar-refractivity contribution in [3.63, 3.8) is 0 Å². The first-order chi connectivity index (χ1) is 28.2. The monoisotopic (exact) mass is 822 g/mol. The molecular formula is C41H43F5N8O5. The van der Waals surface area contributed by atoms with Gasteiger partial charge in [0, 0.05) is 67.3 Å². The minimum absolute atomic E-state index is 0.0580. The fraction of sp³-hybridized carbons (Fsp3) is 0.463. The molecule has 3 saturated heterocycles. The van der Waals surface area contributed by atoms with Crippen LogP contribution in [0, 0.1) is 23.5 Å². The molecule has 59 heavy (non-hydrogen) atoms. The fourth-order valence-corrected chi connectivity index (χ4v) is 9.00. The molecule has 5 heterocycles. The molecule has 3 aliphatic heterocycles. The average Bonchev–Trinajstić information content (AvgIpc) is 3.89. The number of carbonyl (C=O) groups excluding carboxylic acids is 4. The van der Waals surface area contributed by atoms with Crippen LogP contribution in [0.15, 0.2) is 48.7 Å². The number of carbonyl (C=O) groups is 4. The first-order valence-corrected chi connectivity index (χ1v) is 19.8. The number of hydrogen-bond donors (Lipinski definition) is 2. The Morgan fingerprint density at radius 2 is 1.58 bits per heavy atom. The number of benzene rings is 2. The van der Waals surface area contributed by atoms with Gasteiger partial charge in [0.25, 0.3) is 5.91 Å². The number of hydrogen-bond acceptors (Lipinski definition) is 9. The zero-order valence-electron chi connectivity index (χ0n) is 32.2. The Bertz CT molecular complexity index is 2260. The first-order valence-electron chi connectivity index (χ1n) is 19.8. The number of fused-ring (bicyclic) bond motifs is 1. The molecule has 1 atom stereocenters. The van der Waals surface area contributed by atoms with Gasteiger partial charge in [-0.15, -0.1) is 0 Å². The number of imide groups is 1. The summed E-state index contributed by atoms with van der Waals surface area (Å²) in [5.41, 5.74) is -0.799. The number of rotatable bonds is 9. The van der Waals surface area contributed by atoms with Crippen LogP contribution in [0.5, 0.6) is 5.75 Å². The van der Waals surface area contributed by atoms with E-state index in [0.717, 1.165) is 74.0 Å². The third-order valence-corrected chi connectivity index (χ3v) is 12.1. The van der Waals surface area contributed by atoms with E-state index in [1.54, 1.807) is 12.1 Å². The number of anilines is 3. The van der Waals surface area contributed by atoms with E-state index < -0.39 is 47.0 Å². The summed E-state index contributed by atoms with van der Waals surface area (Å²) in [6, 6.07) is 8.53. The van der Waals surface area contributed by atoms with Crippen molar-refractivity contribution in [1.82, 2.24) is 25.0 Å². The van der Waals surface area contributed by atoms with E-state index in [2.05, 4.69) is 20.5 Å². The highest BCUT2D eigenvalue weighted by atomic mass is 19.4. The maximum absolute atomic E-state index is 15.2. The third-order valence-electron chi connectivity index (χ3n) is 12.1. The Morgan fingerprint density at radius 3 is 2.25 bits per heavy atom. The van der Waals surface area contributed by atoms with E-state index in [9.17, 15) is 32.3 Å². The minimum atomic E-state index is -4.69. The van der Waals surface area contributed by atoms with Crippen molar-refractivity contribution < 1.29 is 45.9 Å². The van der Waals surface area contributed by atoms with Crippen molar-refractivity contribution in [3.8, 4) is 5.75 Å². The van der Waals surface area contributed by atoms with Crippen LogP contribution in [0.1, 0.15) is 73.6 Å². The van der Waals surface area contributed by atoms with Crippen LogP contribution in [-0.2, 0) is 15.8 Å². The molecule has 0 unspecified atom stereocenters. The van der Waals surface area contributed by atoms with Crippen LogP contribution < -0.4 is 25.2 Å². The number of aromatic nitrogens is 3. The van der Waals surface area contributed by atoms with E-state index in [1.807, 2.05) is 15.8 Å². The van der Waals surface area contributed by atoms with Gasteiger partial charge in [0.2, 0.25) is 5.91 Å². The van der Waals surface area contributed by atoms with Gasteiger partial charge in [0.15, 0.2) is 11.6 Å². The molecule has 4 aromatic rings. The normalized spacial score (nSPS) is 22.2. The highest BCUT2D eigenvalue weighted by molar-refractivity contribution is 6.06. The summed E-state index contributed by atoms with van der Waals surface area (Å²) in [4.78, 5) is 58.9. The van der Waals surface area contributed by atoms with Crippen LogP contribution in [0.4, 0.5) is 43.8 Å². The molecule has 0 radical (unpaired) electrons. The molecule has 13 nitrogen and oxygen atoms in total. The SMILES string of the molecule is COc1cc2nn(C3CCC(N4CCC(C(=O)[C@@H]5CCN(c6cc(F)c(N7CCC(=O)NC7=O)c(F)c6)C5)CC4)CC3)cc2cc1NC(=O)c1cccc(C(F)(F)F)n1. The molecule has 1 saturated carbocycles. The number of halogens is 5. The van der Waals surface area contributed by atoms with Gasteiger partial charge >= 0.3 is 12.2 Å². The second kappa shape index (κ2) is 16.2. The lowest BCUT2D eigenvalue weighted by Crippen LogP contribution is -2.50. The molecule has 4 aliphatic rings. The maximum atomic E-state index is 15.2. The Kier molecular flexibility index (Phi) is 11.0. The predicted molar refractivity (Wildman–Crippen MR) is 206 cm³/mol. The van der Waals surface area contributed by atoms with Crippen LogP contribution in [0.25, 0.3) is 10.9 Å². The van der Waals surface area contributed by atoms with E-state index >= 15 is 8.78 Å². The number of nitrogens with zero attached hydrogens (tertiary/aromatic N) is 6. The van der Waals surface area contributed by atoms with Crippen molar-refractivity contribution in [2.75, 3.05) is 55.0 Å². The molecule has 0 bridgehead atoms. The molecule has 8 rings (SSSR count). The van der Waals surface area contributed by atoms with Gasteiger partial charge in [-0.1, -0.05) is 6.07 Å².